The second kappa shape index (κ2) is 16.8. The van der Waals surface area contributed by atoms with Gasteiger partial charge in [0.05, 0.1) is 49.8 Å². The summed E-state index contributed by atoms with van der Waals surface area (Å²) in [5.41, 5.74) is 2.22. The molecule has 3 atom stereocenters. The molecule has 2 N–H and O–H groups in total. The van der Waals surface area contributed by atoms with Gasteiger partial charge in [0, 0.05) is 43.7 Å². The average Bonchev–Trinajstić information content (AvgIpc) is 3.81. The van der Waals surface area contributed by atoms with Crippen molar-refractivity contribution in [3.05, 3.63) is 42.5 Å². The van der Waals surface area contributed by atoms with E-state index in [4.69, 9.17) is 23.9 Å². The normalized spacial score (nSPS) is 21.0. The lowest BCUT2D eigenvalue weighted by molar-refractivity contribution is -0.163. The zero-order chi connectivity index (χ0) is 35.1. The van der Waals surface area contributed by atoms with E-state index in [-0.39, 0.29) is 36.1 Å². The van der Waals surface area contributed by atoms with Gasteiger partial charge in [0.25, 0.3) is 0 Å². The minimum atomic E-state index is -4.23. The lowest BCUT2D eigenvalue weighted by Crippen LogP contribution is -2.41. The van der Waals surface area contributed by atoms with Crippen molar-refractivity contribution in [3.63, 3.8) is 0 Å². The fourth-order valence-electron chi connectivity index (χ4n) is 6.40. The molecule has 0 saturated carbocycles. The average molecular weight is 731 g/mol. The van der Waals surface area contributed by atoms with Crippen molar-refractivity contribution in [1.82, 2.24) is 24.1 Å². The molecule has 3 aliphatic heterocycles. The highest BCUT2D eigenvalue weighted by atomic mass is 32.2. The molecule has 3 aromatic rings. The quantitative estimate of drug-likeness (QED) is 0.165. The first-order valence-electron chi connectivity index (χ1n) is 17.2. The lowest BCUT2D eigenvalue weighted by Gasteiger charge is -2.26. The van der Waals surface area contributed by atoms with Crippen molar-refractivity contribution in [2.24, 2.45) is 0 Å². The van der Waals surface area contributed by atoms with E-state index >= 15 is 0 Å². The van der Waals surface area contributed by atoms with Gasteiger partial charge in [-0.05, 0) is 64.0 Å². The summed E-state index contributed by atoms with van der Waals surface area (Å²) < 4.78 is 55.0. The Morgan fingerprint density at radius 1 is 1.10 bits per heavy atom. The molecule has 2 unspecified atom stereocenters. The van der Waals surface area contributed by atoms with Gasteiger partial charge in [0.1, 0.15) is 16.7 Å². The summed E-state index contributed by atoms with van der Waals surface area (Å²) in [5, 5.41) is 3.75. The third-order valence-electron chi connectivity index (χ3n) is 8.81. The topological polar surface area (TPSA) is 154 Å². The largest absolute Gasteiger partial charge is 0.487 e. The van der Waals surface area contributed by atoms with Gasteiger partial charge in [-0.2, -0.15) is 0 Å². The molecule has 0 aliphatic carbocycles. The van der Waals surface area contributed by atoms with E-state index in [0.29, 0.717) is 12.2 Å². The molecule has 1 aromatic heterocycles. The highest BCUT2D eigenvalue weighted by molar-refractivity contribution is 7.99. The summed E-state index contributed by atoms with van der Waals surface area (Å²) in [6, 6.07) is 11.5. The molecule has 2 aromatic carbocycles. The zero-order valence-corrected chi connectivity index (χ0v) is 30.2. The number of aromatic nitrogens is 2. The van der Waals surface area contributed by atoms with Crippen LogP contribution in [0.1, 0.15) is 33.1 Å². The van der Waals surface area contributed by atoms with Gasteiger partial charge < -0.3 is 28.8 Å². The van der Waals surface area contributed by atoms with Crippen molar-refractivity contribution in [2.45, 2.75) is 68.1 Å². The van der Waals surface area contributed by atoms with Crippen LogP contribution in [0.15, 0.2) is 52.5 Å². The molecule has 3 aliphatic rings. The van der Waals surface area contributed by atoms with Gasteiger partial charge in [0.2, 0.25) is 22.2 Å². The fraction of sp³-hybridized carbons (Fsp3) is 0.559. The van der Waals surface area contributed by atoms with Gasteiger partial charge in [0.15, 0.2) is 5.16 Å². The van der Waals surface area contributed by atoms with Crippen LogP contribution in [0.25, 0.3) is 11.0 Å². The maximum atomic E-state index is 13.9. The van der Waals surface area contributed by atoms with Crippen LogP contribution in [0.3, 0.4) is 0 Å². The van der Waals surface area contributed by atoms with Gasteiger partial charge in [-0.15, -0.1) is 0 Å². The van der Waals surface area contributed by atoms with Crippen molar-refractivity contribution in [2.75, 3.05) is 70.2 Å². The molecule has 6 rings (SSSR count). The Bertz CT molecular complexity index is 1740. The van der Waals surface area contributed by atoms with Crippen LogP contribution in [0, 0.1) is 0 Å². The number of carbonyl (C=O) groups is 2. The number of rotatable bonds is 16. The maximum Gasteiger partial charge on any atom is 0.310 e. The van der Waals surface area contributed by atoms with Gasteiger partial charge in [-0.3, -0.25) is 19.4 Å². The van der Waals surface area contributed by atoms with E-state index in [1.54, 1.807) is 18.7 Å². The number of amides is 1. The Morgan fingerprint density at radius 3 is 2.66 bits per heavy atom. The van der Waals surface area contributed by atoms with E-state index in [1.165, 1.54) is 18.2 Å². The molecule has 0 spiro atoms. The first-order valence-corrected chi connectivity index (χ1v) is 19.7. The van der Waals surface area contributed by atoms with Gasteiger partial charge >= 0.3 is 5.97 Å². The predicted molar refractivity (Wildman–Crippen MR) is 189 cm³/mol. The van der Waals surface area contributed by atoms with E-state index in [2.05, 4.69) is 24.4 Å². The smallest absolute Gasteiger partial charge is 0.310 e. The molecule has 50 heavy (non-hydrogen) atoms. The molecule has 3 saturated heterocycles. The second-order valence-corrected chi connectivity index (χ2v) is 15.4. The van der Waals surface area contributed by atoms with E-state index in [1.807, 2.05) is 31.2 Å². The monoisotopic (exact) mass is 730 g/mol. The van der Waals surface area contributed by atoms with Crippen LogP contribution in [0.2, 0.25) is 0 Å². The molecule has 272 valence electrons. The Labute approximate surface area is 297 Å². The van der Waals surface area contributed by atoms with Gasteiger partial charge in [-0.25, -0.2) is 18.1 Å². The fourth-order valence-corrected chi connectivity index (χ4v) is 8.76. The maximum absolute atomic E-state index is 13.9. The second-order valence-electron chi connectivity index (χ2n) is 12.7. The molecule has 1 amide bonds. The van der Waals surface area contributed by atoms with Crippen LogP contribution >= 0.6 is 11.8 Å². The highest BCUT2D eigenvalue weighted by Crippen LogP contribution is 2.31. The molecule has 14 nitrogen and oxygen atoms in total. The third-order valence-corrected chi connectivity index (χ3v) is 11.3. The number of hydrogen-bond donors (Lipinski definition) is 2. The summed E-state index contributed by atoms with van der Waals surface area (Å²) >= 11 is 1.67. The minimum Gasteiger partial charge on any atom is -0.487 e. The number of para-hydroxylation sites is 2. The number of imidazole rings is 1. The van der Waals surface area contributed by atoms with E-state index < -0.39 is 34.4 Å². The number of nitrogens with one attached hydrogen (secondary N) is 2. The van der Waals surface area contributed by atoms with Crippen LogP contribution in [-0.2, 0) is 40.4 Å². The van der Waals surface area contributed by atoms with Crippen molar-refractivity contribution in [3.8, 4) is 5.75 Å². The van der Waals surface area contributed by atoms with Crippen molar-refractivity contribution in [1.29, 1.82) is 0 Å². The van der Waals surface area contributed by atoms with Crippen LogP contribution in [0.4, 0.5) is 5.69 Å². The number of cyclic esters (lactones) is 1. The van der Waals surface area contributed by atoms with Crippen LogP contribution < -0.4 is 14.8 Å². The van der Waals surface area contributed by atoms with E-state index in [0.717, 1.165) is 80.7 Å². The number of ether oxygens (including phenoxy) is 4. The Morgan fingerprint density at radius 2 is 1.88 bits per heavy atom. The number of fused-ring (bicyclic) bond motifs is 1. The van der Waals surface area contributed by atoms with E-state index in [9.17, 15) is 18.0 Å². The minimum absolute atomic E-state index is 0.0631. The summed E-state index contributed by atoms with van der Waals surface area (Å²) in [6.45, 7) is 10.4. The summed E-state index contributed by atoms with van der Waals surface area (Å²) in [5.74, 6) is 0.170. The third kappa shape index (κ3) is 9.34. The number of esters is 1. The molecule has 16 heteroatoms. The Balaban J connectivity index is 1.23. The molecule has 0 bridgehead atoms. The number of carbonyl (C=O) groups excluding carboxylic acids is 2. The van der Waals surface area contributed by atoms with Crippen LogP contribution in [-0.4, -0.2) is 123 Å². The number of anilines is 1. The summed E-state index contributed by atoms with van der Waals surface area (Å²) in [6.07, 6.45) is 0.405. The van der Waals surface area contributed by atoms with Crippen LogP contribution in [0.5, 0.6) is 5.75 Å². The number of nitrogens with zero attached hydrogens (tertiary/aromatic N) is 4. The SMILES string of the molecule is CCOC1OC(=O)CC1NS(=O)(=O)c1ccc(NC(=O)CN2CCCC2)cc1O[C@H](C)Cn1c(SCCN2CCOCC2)nc2ccccc21. The molecule has 4 heterocycles. The first-order chi connectivity index (χ1) is 24.2. The Hall–Kier alpha value is -3.25. The number of sulfonamides is 1. The molecule has 3 fully saturated rings. The molecular formula is C34H46N6O8S2. The highest BCUT2D eigenvalue weighted by Gasteiger charge is 2.39. The number of likely N-dealkylation sites (tertiary alicyclic amines) is 1. The zero-order valence-electron chi connectivity index (χ0n) is 28.5. The number of morpholine rings is 1. The Kier molecular flexibility index (Phi) is 12.3. The van der Waals surface area contributed by atoms with Crippen molar-refractivity contribution < 1.29 is 37.0 Å². The lowest BCUT2D eigenvalue weighted by atomic mass is 10.2. The van der Waals surface area contributed by atoms with Gasteiger partial charge in [-0.1, -0.05) is 23.9 Å². The first kappa shape index (κ1) is 36.5. The van der Waals surface area contributed by atoms with Crippen molar-refractivity contribution >= 4 is 50.4 Å². The summed E-state index contributed by atoms with van der Waals surface area (Å²) in [7, 11) is -4.23. The number of benzene rings is 2. The standard InChI is InChI=1S/C34H46N6O8S2/c1-3-46-33-27(21-32(42)48-33)37-50(43,44)30-11-10-25(35-31(41)23-39-12-6-7-13-39)20-29(30)47-24(2)22-40-28-9-5-4-8-26(28)36-34(40)49-19-16-38-14-17-45-18-15-38/h4-5,8-11,20,24,27,33,37H,3,6-7,12-19,21-23H2,1-2H3,(H,35,41)/t24-,27?,33?/m1/s1. The summed E-state index contributed by atoms with van der Waals surface area (Å²) in [4.78, 5) is 34.2. The molecule has 0 radical (unpaired) electrons. The number of thioether (sulfide) groups is 1. The molecular weight excluding hydrogens is 685 g/mol. The number of hydrogen-bond acceptors (Lipinski definition) is 12. The predicted octanol–water partition coefficient (Wildman–Crippen LogP) is 2.92.